The van der Waals surface area contributed by atoms with Crippen molar-refractivity contribution in [2.45, 2.75) is 38.6 Å². The summed E-state index contributed by atoms with van der Waals surface area (Å²) in [7, 11) is 0. The first kappa shape index (κ1) is 18.7. The van der Waals surface area contributed by atoms with Crippen LogP contribution in [0.2, 0.25) is 5.02 Å². The van der Waals surface area contributed by atoms with Gasteiger partial charge in [0.2, 0.25) is 11.8 Å². The molecule has 0 aliphatic carbocycles. The van der Waals surface area contributed by atoms with Crippen molar-refractivity contribution >= 4 is 29.4 Å². The number of carbonyl (C=O) groups is 3. The fourth-order valence-electron chi connectivity index (χ4n) is 4.09. The summed E-state index contributed by atoms with van der Waals surface area (Å²) >= 11 is 5.87. The molecule has 6 nitrogen and oxygen atoms in total. The molecule has 1 aromatic rings. The molecule has 140 valence electrons. The molecule has 1 spiro atoms. The molecular formula is C19H23ClN2O4. The number of carboxylic acid groups (broad SMARTS) is 1. The maximum absolute atomic E-state index is 12.5. The Labute approximate surface area is 157 Å². The number of piperidine rings is 1. The van der Waals surface area contributed by atoms with Crippen LogP contribution < -0.4 is 0 Å². The third-order valence-corrected chi connectivity index (χ3v) is 5.90. The Kier molecular flexibility index (Phi) is 5.23. The predicted octanol–water partition coefficient (Wildman–Crippen LogP) is 2.20. The molecule has 0 radical (unpaired) electrons. The van der Waals surface area contributed by atoms with E-state index in [1.165, 1.54) is 11.8 Å². The Morgan fingerprint density at radius 2 is 1.81 bits per heavy atom. The van der Waals surface area contributed by atoms with Crippen LogP contribution in [-0.4, -0.2) is 58.4 Å². The van der Waals surface area contributed by atoms with E-state index in [1.807, 2.05) is 17.0 Å². The van der Waals surface area contributed by atoms with Crippen LogP contribution in [0.15, 0.2) is 24.3 Å². The van der Waals surface area contributed by atoms with Crippen LogP contribution >= 0.6 is 11.6 Å². The Bertz CT molecular complexity index is 687. The third-order valence-electron chi connectivity index (χ3n) is 5.64. The van der Waals surface area contributed by atoms with Crippen molar-refractivity contribution in [3.63, 3.8) is 0 Å². The van der Waals surface area contributed by atoms with E-state index in [1.54, 1.807) is 12.1 Å². The first-order valence-electron chi connectivity index (χ1n) is 8.82. The lowest BCUT2D eigenvalue weighted by atomic mass is 9.76. The molecule has 0 aromatic heterocycles. The summed E-state index contributed by atoms with van der Waals surface area (Å²) in [5.41, 5.74) is 0.737. The number of nitrogens with zero attached hydrogens (tertiary/aromatic N) is 2. The van der Waals surface area contributed by atoms with Gasteiger partial charge in [0, 0.05) is 31.6 Å². The smallest absolute Gasteiger partial charge is 0.326 e. The quantitative estimate of drug-likeness (QED) is 0.874. The highest BCUT2D eigenvalue weighted by Crippen LogP contribution is 2.43. The maximum Gasteiger partial charge on any atom is 0.326 e. The lowest BCUT2D eigenvalue weighted by molar-refractivity contribution is -0.147. The monoisotopic (exact) mass is 378 g/mol. The van der Waals surface area contributed by atoms with E-state index in [2.05, 4.69) is 0 Å². The summed E-state index contributed by atoms with van der Waals surface area (Å²) in [6, 6.07) is 6.51. The van der Waals surface area contributed by atoms with Gasteiger partial charge in [-0.1, -0.05) is 23.7 Å². The molecule has 0 saturated carbocycles. The van der Waals surface area contributed by atoms with Gasteiger partial charge in [-0.15, -0.1) is 0 Å². The molecule has 3 rings (SSSR count). The summed E-state index contributed by atoms with van der Waals surface area (Å²) in [6.45, 7) is 3.09. The maximum atomic E-state index is 12.5. The second-order valence-electron chi connectivity index (χ2n) is 7.39. The number of carboxylic acids is 1. The first-order valence-corrected chi connectivity index (χ1v) is 9.20. The van der Waals surface area contributed by atoms with Gasteiger partial charge in [-0.25, -0.2) is 4.79 Å². The van der Waals surface area contributed by atoms with Crippen molar-refractivity contribution in [1.82, 2.24) is 9.80 Å². The van der Waals surface area contributed by atoms with E-state index in [-0.39, 0.29) is 17.2 Å². The summed E-state index contributed by atoms with van der Waals surface area (Å²) in [5.74, 6) is -1.08. The molecule has 7 heteroatoms. The van der Waals surface area contributed by atoms with Crippen LogP contribution in [0, 0.1) is 5.41 Å². The SMILES string of the molecule is CC(=O)N1CC2(CCN(C(=O)Cc3ccc(Cl)cc3)CC2)C[C@H]1C(=O)O. The summed E-state index contributed by atoms with van der Waals surface area (Å²) in [6.07, 6.45) is 2.27. The highest BCUT2D eigenvalue weighted by atomic mass is 35.5. The molecule has 2 aliphatic rings. The van der Waals surface area contributed by atoms with Crippen molar-refractivity contribution < 1.29 is 19.5 Å². The van der Waals surface area contributed by atoms with Gasteiger partial charge in [0.1, 0.15) is 6.04 Å². The topological polar surface area (TPSA) is 77.9 Å². The average Bonchev–Trinajstić information content (AvgIpc) is 2.97. The summed E-state index contributed by atoms with van der Waals surface area (Å²) in [5, 5.41) is 10.0. The van der Waals surface area contributed by atoms with Gasteiger partial charge in [-0.2, -0.15) is 0 Å². The Morgan fingerprint density at radius 3 is 2.31 bits per heavy atom. The van der Waals surface area contributed by atoms with Crippen molar-refractivity contribution in [2.75, 3.05) is 19.6 Å². The number of carbonyl (C=O) groups excluding carboxylic acids is 2. The molecule has 2 amide bonds. The van der Waals surface area contributed by atoms with Gasteiger partial charge in [-0.3, -0.25) is 9.59 Å². The molecule has 1 N–H and O–H groups in total. The number of aliphatic carboxylic acids is 1. The predicted molar refractivity (Wildman–Crippen MR) is 96.8 cm³/mol. The molecule has 2 heterocycles. The standard InChI is InChI=1S/C19H23ClN2O4/c1-13(23)22-12-19(11-16(22)18(25)26)6-8-21(9-7-19)17(24)10-14-2-4-15(20)5-3-14/h2-5,16H,6-12H2,1H3,(H,25,26)/t16-/m0/s1. The molecule has 2 fully saturated rings. The molecule has 0 unspecified atom stereocenters. The molecule has 0 bridgehead atoms. The lowest BCUT2D eigenvalue weighted by Crippen LogP contribution is -2.45. The highest BCUT2D eigenvalue weighted by Gasteiger charge is 2.49. The minimum atomic E-state index is -0.946. The van der Waals surface area contributed by atoms with Crippen LogP contribution in [0.25, 0.3) is 0 Å². The molecule has 2 saturated heterocycles. The van der Waals surface area contributed by atoms with Crippen molar-refractivity contribution in [3.05, 3.63) is 34.9 Å². The number of benzene rings is 1. The Hall–Kier alpha value is -2.08. The molecule has 1 aromatic carbocycles. The molecule has 26 heavy (non-hydrogen) atoms. The van der Waals surface area contributed by atoms with E-state index >= 15 is 0 Å². The van der Waals surface area contributed by atoms with E-state index in [4.69, 9.17) is 11.6 Å². The number of hydrogen-bond donors (Lipinski definition) is 1. The molecular weight excluding hydrogens is 356 g/mol. The van der Waals surface area contributed by atoms with Gasteiger partial charge in [0.25, 0.3) is 0 Å². The van der Waals surface area contributed by atoms with Crippen LogP contribution in [0.1, 0.15) is 31.7 Å². The van der Waals surface area contributed by atoms with E-state index in [0.717, 1.165) is 18.4 Å². The normalized spacial score (nSPS) is 21.8. The summed E-state index contributed by atoms with van der Waals surface area (Å²) in [4.78, 5) is 39.1. The zero-order valence-electron chi connectivity index (χ0n) is 14.8. The lowest BCUT2D eigenvalue weighted by Gasteiger charge is -2.39. The average molecular weight is 379 g/mol. The minimum Gasteiger partial charge on any atom is -0.480 e. The zero-order chi connectivity index (χ0) is 18.9. The van der Waals surface area contributed by atoms with E-state index in [0.29, 0.717) is 37.5 Å². The minimum absolute atomic E-state index is 0.0679. The number of hydrogen-bond acceptors (Lipinski definition) is 3. The van der Waals surface area contributed by atoms with E-state index in [9.17, 15) is 19.5 Å². The van der Waals surface area contributed by atoms with Crippen molar-refractivity contribution in [2.24, 2.45) is 5.41 Å². The van der Waals surface area contributed by atoms with Gasteiger partial charge >= 0.3 is 5.97 Å². The Morgan fingerprint density at radius 1 is 1.19 bits per heavy atom. The Balaban J connectivity index is 1.60. The van der Waals surface area contributed by atoms with Crippen molar-refractivity contribution in [1.29, 1.82) is 0 Å². The van der Waals surface area contributed by atoms with Gasteiger partial charge in [0.15, 0.2) is 0 Å². The highest BCUT2D eigenvalue weighted by molar-refractivity contribution is 6.30. The van der Waals surface area contributed by atoms with Gasteiger partial charge in [-0.05, 0) is 42.4 Å². The van der Waals surface area contributed by atoms with E-state index < -0.39 is 12.0 Å². The largest absolute Gasteiger partial charge is 0.480 e. The van der Waals surface area contributed by atoms with Crippen LogP contribution in [0.4, 0.5) is 0 Å². The fraction of sp³-hybridized carbons (Fsp3) is 0.526. The zero-order valence-corrected chi connectivity index (χ0v) is 15.5. The third kappa shape index (κ3) is 3.85. The number of halogens is 1. The van der Waals surface area contributed by atoms with Crippen LogP contribution in [0.3, 0.4) is 0 Å². The van der Waals surface area contributed by atoms with Gasteiger partial charge in [0.05, 0.1) is 6.42 Å². The number of likely N-dealkylation sites (tertiary alicyclic amines) is 2. The van der Waals surface area contributed by atoms with Crippen molar-refractivity contribution in [3.8, 4) is 0 Å². The number of rotatable bonds is 3. The fourth-order valence-corrected chi connectivity index (χ4v) is 4.22. The first-order chi connectivity index (χ1) is 12.3. The number of amides is 2. The second-order valence-corrected chi connectivity index (χ2v) is 7.83. The molecule has 2 aliphatic heterocycles. The van der Waals surface area contributed by atoms with Crippen LogP contribution in [-0.2, 0) is 20.8 Å². The summed E-state index contributed by atoms with van der Waals surface area (Å²) < 4.78 is 0. The second kappa shape index (κ2) is 7.27. The van der Waals surface area contributed by atoms with Crippen LogP contribution in [0.5, 0.6) is 0 Å². The van der Waals surface area contributed by atoms with Gasteiger partial charge < -0.3 is 14.9 Å². The molecule has 1 atom stereocenters.